The van der Waals surface area contributed by atoms with E-state index in [4.69, 9.17) is 4.74 Å². The van der Waals surface area contributed by atoms with Crippen molar-refractivity contribution in [3.63, 3.8) is 0 Å². The van der Waals surface area contributed by atoms with Gasteiger partial charge in [0.1, 0.15) is 5.75 Å². The summed E-state index contributed by atoms with van der Waals surface area (Å²) in [6.45, 7) is -0.239. The van der Waals surface area contributed by atoms with E-state index < -0.39 is 5.91 Å². The highest BCUT2D eigenvalue weighted by Crippen LogP contribution is 2.37. The number of para-hydroxylation sites is 1. The molecule has 0 fully saturated rings. The number of aromatic hydroxyl groups is 1. The Morgan fingerprint density at radius 1 is 1.11 bits per heavy atom. The van der Waals surface area contributed by atoms with Gasteiger partial charge in [-0.15, -0.1) is 10.2 Å². The van der Waals surface area contributed by atoms with Gasteiger partial charge in [0.05, 0.1) is 5.52 Å². The van der Waals surface area contributed by atoms with Crippen molar-refractivity contribution in [2.45, 2.75) is 0 Å². The molecular formula is C21H16BrN3O3. The second-order valence-electron chi connectivity index (χ2n) is 6.28. The summed E-state index contributed by atoms with van der Waals surface area (Å²) in [6.07, 6.45) is 0. The number of ether oxygens (including phenoxy) is 1. The van der Waals surface area contributed by atoms with E-state index in [2.05, 4.69) is 26.2 Å². The maximum absolute atomic E-state index is 12.1. The van der Waals surface area contributed by atoms with E-state index in [1.807, 2.05) is 54.6 Å². The molecular weight excluding hydrogens is 422 g/mol. The molecule has 0 unspecified atom stereocenters. The van der Waals surface area contributed by atoms with Crippen LogP contribution in [0.25, 0.3) is 21.7 Å². The van der Waals surface area contributed by atoms with Gasteiger partial charge in [0.25, 0.3) is 0 Å². The van der Waals surface area contributed by atoms with Gasteiger partial charge < -0.3 is 14.4 Å². The van der Waals surface area contributed by atoms with Crippen LogP contribution in [0.15, 0.2) is 75.4 Å². The summed E-state index contributed by atoms with van der Waals surface area (Å²) in [5, 5.41) is 20.7. The van der Waals surface area contributed by atoms with E-state index in [9.17, 15) is 9.90 Å². The SMILES string of the molecule is Cn1c(O)c(N=NC(=O)COc2ccc3cc(Br)ccc3c2)c2ccccc21. The van der Waals surface area contributed by atoms with E-state index in [-0.39, 0.29) is 18.2 Å². The van der Waals surface area contributed by atoms with E-state index in [0.717, 1.165) is 26.1 Å². The van der Waals surface area contributed by atoms with Crippen LogP contribution < -0.4 is 4.74 Å². The molecule has 3 aromatic carbocycles. The summed E-state index contributed by atoms with van der Waals surface area (Å²) in [6, 6.07) is 18.9. The summed E-state index contributed by atoms with van der Waals surface area (Å²) in [5.41, 5.74) is 1.07. The van der Waals surface area contributed by atoms with Crippen molar-refractivity contribution in [3.05, 3.63) is 65.1 Å². The third kappa shape index (κ3) is 3.48. The number of hydrogen-bond donors (Lipinski definition) is 1. The first kappa shape index (κ1) is 18.2. The van der Waals surface area contributed by atoms with Gasteiger partial charge in [-0.1, -0.05) is 46.3 Å². The molecule has 0 bridgehead atoms. The smallest absolute Gasteiger partial charge is 0.302 e. The molecule has 6 nitrogen and oxygen atoms in total. The van der Waals surface area contributed by atoms with Gasteiger partial charge in [0.2, 0.25) is 5.88 Å². The van der Waals surface area contributed by atoms with Crippen molar-refractivity contribution in [2.24, 2.45) is 17.3 Å². The molecule has 1 aromatic heterocycles. The Morgan fingerprint density at radius 2 is 1.86 bits per heavy atom. The van der Waals surface area contributed by atoms with Gasteiger partial charge in [0.15, 0.2) is 12.3 Å². The largest absolute Gasteiger partial charge is 0.493 e. The van der Waals surface area contributed by atoms with Gasteiger partial charge in [-0.05, 0) is 41.1 Å². The second-order valence-corrected chi connectivity index (χ2v) is 7.20. The lowest BCUT2D eigenvalue weighted by molar-refractivity contribution is -0.120. The zero-order valence-corrected chi connectivity index (χ0v) is 16.5. The molecule has 7 heteroatoms. The Morgan fingerprint density at radius 3 is 2.71 bits per heavy atom. The molecule has 0 aliphatic heterocycles. The molecule has 0 aliphatic carbocycles. The number of amides is 1. The molecule has 1 heterocycles. The van der Waals surface area contributed by atoms with Crippen LogP contribution in [0.1, 0.15) is 0 Å². The fraction of sp³-hybridized carbons (Fsp3) is 0.0952. The van der Waals surface area contributed by atoms with Crippen LogP contribution in [0.2, 0.25) is 0 Å². The predicted molar refractivity (Wildman–Crippen MR) is 111 cm³/mol. The van der Waals surface area contributed by atoms with Crippen molar-refractivity contribution in [2.75, 3.05) is 6.61 Å². The Balaban J connectivity index is 1.48. The zero-order chi connectivity index (χ0) is 19.7. The summed E-state index contributed by atoms with van der Waals surface area (Å²) < 4.78 is 8.13. The van der Waals surface area contributed by atoms with E-state index in [1.54, 1.807) is 17.7 Å². The maximum atomic E-state index is 12.1. The Kier molecular flexibility index (Phi) is 4.83. The number of hydrogen-bond acceptors (Lipinski definition) is 4. The number of azo groups is 1. The number of aromatic nitrogens is 1. The minimum absolute atomic E-state index is 0.0423. The molecule has 0 saturated heterocycles. The monoisotopic (exact) mass is 437 g/mol. The van der Waals surface area contributed by atoms with Crippen LogP contribution in [-0.2, 0) is 11.8 Å². The number of halogens is 1. The van der Waals surface area contributed by atoms with Crippen molar-refractivity contribution in [1.82, 2.24) is 4.57 Å². The van der Waals surface area contributed by atoms with Crippen LogP contribution in [0.5, 0.6) is 11.6 Å². The highest BCUT2D eigenvalue weighted by Gasteiger charge is 2.14. The van der Waals surface area contributed by atoms with Crippen LogP contribution in [0.4, 0.5) is 5.69 Å². The van der Waals surface area contributed by atoms with Gasteiger partial charge in [-0.25, -0.2) is 0 Å². The lowest BCUT2D eigenvalue weighted by atomic mass is 10.1. The Bertz CT molecular complexity index is 1230. The second kappa shape index (κ2) is 7.44. The van der Waals surface area contributed by atoms with Gasteiger partial charge in [-0.2, -0.15) is 0 Å². The average molecular weight is 438 g/mol. The number of nitrogens with zero attached hydrogens (tertiary/aromatic N) is 3. The van der Waals surface area contributed by atoms with E-state index in [0.29, 0.717) is 5.75 Å². The molecule has 0 aliphatic rings. The van der Waals surface area contributed by atoms with Crippen molar-refractivity contribution >= 4 is 49.2 Å². The molecule has 4 aromatic rings. The number of carbonyl (C=O) groups is 1. The van der Waals surface area contributed by atoms with Gasteiger partial charge in [0, 0.05) is 16.9 Å². The third-order valence-corrected chi connectivity index (χ3v) is 4.94. The number of rotatable bonds is 4. The topological polar surface area (TPSA) is 76.2 Å². The molecule has 28 heavy (non-hydrogen) atoms. The minimum Gasteiger partial charge on any atom is -0.493 e. The summed E-state index contributed by atoms with van der Waals surface area (Å²) in [5.74, 6) is -0.00558. The van der Waals surface area contributed by atoms with Crippen molar-refractivity contribution < 1.29 is 14.6 Å². The molecule has 0 spiro atoms. The van der Waals surface area contributed by atoms with Gasteiger partial charge in [-0.3, -0.25) is 4.79 Å². The molecule has 0 atom stereocenters. The highest BCUT2D eigenvalue weighted by atomic mass is 79.9. The highest BCUT2D eigenvalue weighted by molar-refractivity contribution is 9.10. The first-order chi connectivity index (χ1) is 13.5. The predicted octanol–water partition coefficient (Wildman–Crippen LogP) is 5.49. The van der Waals surface area contributed by atoms with Gasteiger partial charge >= 0.3 is 5.91 Å². The molecule has 140 valence electrons. The van der Waals surface area contributed by atoms with E-state index in [1.165, 1.54) is 0 Å². The number of fused-ring (bicyclic) bond motifs is 2. The van der Waals surface area contributed by atoms with Crippen LogP contribution in [0, 0.1) is 0 Å². The Hall–Kier alpha value is -3.19. The first-order valence-electron chi connectivity index (χ1n) is 8.56. The summed E-state index contributed by atoms with van der Waals surface area (Å²) >= 11 is 3.44. The molecule has 0 radical (unpaired) electrons. The fourth-order valence-corrected chi connectivity index (χ4v) is 3.40. The third-order valence-electron chi connectivity index (χ3n) is 4.45. The van der Waals surface area contributed by atoms with Crippen molar-refractivity contribution in [3.8, 4) is 11.6 Å². The fourth-order valence-electron chi connectivity index (χ4n) is 3.02. The maximum Gasteiger partial charge on any atom is 0.302 e. The lowest BCUT2D eigenvalue weighted by Gasteiger charge is -2.05. The van der Waals surface area contributed by atoms with Crippen LogP contribution in [0.3, 0.4) is 0 Å². The normalized spacial score (nSPS) is 11.5. The minimum atomic E-state index is -0.539. The molecule has 1 N–H and O–H groups in total. The van der Waals surface area contributed by atoms with Crippen molar-refractivity contribution in [1.29, 1.82) is 0 Å². The Labute approximate surface area is 169 Å². The molecule has 4 rings (SSSR count). The van der Waals surface area contributed by atoms with E-state index >= 15 is 0 Å². The average Bonchev–Trinajstić information content (AvgIpc) is 2.95. The molecule has 1 amide bonds. The standard InChI is InChI=1S/C21H16BrN3O3/c1-25-18-5-3-2-4-17(18)20(21(25)27)24-23-19(26)12-28-16-9-7-13-10-15(22)8-6-14(13)11-16/h2-11,27H,12H2,1H3. The molecule has 0 saturated carbocycles. The van der Waals surface area contributed by atoms with Crippen LogP contribution in [-0.4, -0.2) is 22.2 Å². The summed E-state index contributed by atoms with van der Waals surface area (Å²) in [7, 11) is 1.72. The van der Waals surface area contributed by atoms with Crippen LogP contribution >= 0.6 is 15.9 Å². The number of benzene rings is 3. The number of carbonyl (C=O) groups excluding carboxylic acids is 1. The zero-order valence-electron chi connectivity index (χ0n) is 15.0. The number of aryl methyl sites for hydroxylation is 1. The lowest BCUT2D eigenvalue weighted by Crippen LogP contribution is -2.07. The quantitative estimate of drug-likeness (QED) is 0.428. The summed E-state index contributed by atoms with van der Waals surface area (Å²) in [4.78, 5) is 12.1. The first-order valence-corrected chi connectivity index (χ1v) is 9.35.